The number of Topliss-reactive ketones (excluding diaryl/α,β-unsaturated/α-hetero) is 1. The summed E-state index contributed by atoms with van der Waals surface area (Å²) in [5.41, 5.74) is 0. The molecule has 0 saturated heterocycles. The molecule has 18 heavy (non-hydrogen) atoms. The fourth-order valence-corrected chi connectivity index (χ4v) is 2.81. The zero-order valence-electron chi connectivity index (χ0n) is 8.95. The standard InChI is InChI=1S/C12H7BrF2O2S/c13-8-3-4-18-12(8)10(16)6-17-11-2-1-7(14)5-9(11)15/h1-5H,6H2. The molecule has 2 rings (SSSR count). The zero-order valence-corrected chi connectivity index (χ0v) is 11.4. The number of ether oxygens (including phenoxy) is 1. The fourth-order valence-electron chi connectivity index (χ4n) is 1.29. The highest BCUT2D eigenvalue weighted by atomic mass is 79.9. The Balaban J connectivity index is 2.04. The first kappa shape index (κ1) is 13.2. The molecule has 94 valence electrons. The van der Waals surface area contributed by atoms with Gasteiger partial charge in [-0.2, -0.15) is 0 Å². The van der Waals surface area contributed by atoms with Crippen LogP contribution in [0.4, 0.5) is 8.78 Å². The summed E-state index contributed by atoms with van der Waals surface area (Å²) >= 11 is 4.50. The van der Waals surface area contributed by atoms with Crippen molar-refractivity contribution in [1.29, 1.82) is 0 Å². The number of thiophene rings is 1. The van der Waals surface area contributed by atoms with Gasteiger partial charge in [-0.3, -0.25) is 4.79 Å². The van der Waals surface area contributed by atoms with E-state index in [1.165, 1.54) is 11.3 Å². The van der Waals surface area contributed by atoms with Crippen LogP contribution in [0.3, 0.4) is 0 Å². The van der Waals surface area contributed by atoms with Crippen LogP contribution in [0.2, 0.25) is 0 Å². The first-order valence-electron chi connectivity index (χ1n) is 4.92. The number of carbonyl (C=O) groups is 1. The van der Waals surface area contributed by atoms with Gasteiger partial charge in [0.1, 0.15) is 5.82 Å². The lowest BCUT2D eigenvalue weighted by Gasteiger charge is -2.05. The number of halogens is 3. The summed E-state index contributed by atoms with van der Waals surface area (Å²) in [7, 11) is 0. The van der Waals surface area contributed by atoms with E-state index in [4.69, 9.17) is 4.74 Å². The Bertz CT molecular complexity index is 583. The molecule has 2 nitrogen and oxygen atoms in total. The maximum atomic E-state index is 13.2. The van der Waals surface area contributed by atoms with Gasteiger partial charge in [0.15, 0.2) is 18.2 Å². The molecule has 1 aromatic heterocycles. The van der Waals surface area contributed by atoms with Crippen LogP contribution in [0.25, 0.3) is 0 Å². The van der Waals surface area contributed by atoms with E-state index in [9.17, 15) is 13.6 Å². The molecule has 2 aromatic rings. The number of hydrogen-bond donors (Lipinski definition) is 0. The Morgan fingerprint density at radius 1 is 1.33 bits per heavy atom. The molecule has 0 amide bonds. The van der Waals surface area contributed by atoms with Crippen molar-refractivity contribution in [2.45, 2.75) is 0 Å². The van der Waals surface area contributed by atoms with Crippen LogP contribution in [0.15, 0.2) is 34.1 Å². The average molecular weight is 333 g/mol. The van der Waals surface area contributed by atoms with Gasteiger partial charge in [-0.25, -0.2) is 8.78 Å². The molecule has 0 N–H and O–H groups in total. The van der Waals surface area contributed by atoms with Crippen LogP contribution >= 0.6 is 27.3 Å². The SMILES string of the molecule is O=C(COc1ccc(F)cc1F)c1sccc1Br. The van der Waals surface area contributed by atoms with Gasteiger partial charge in [-0.15, -0.1) is 11.3 Å². The van der Waals surface area contributed by atoms with Crippen LogP contribution < -0.4 is 4.74 Å². The Morgan fingerprint density at radius 3 is 2.72 bits per heavy atom. The first-order chi connectivity index (χ1) is 8.58. The molecule has 1 heterocycles. The van der Waals surface area contributed by atoms with Crippen LogP contribution in [-0.2, 0) is 0 Å². The Morgan fingerprint density at radius 2 is 2.11 bits per heavy atom. The van der Waals surface area contributed by atoms with E-state index >= 15 is 0 Å². The van der Waals surface area contributed by atoms with Gasteiger partial charge in [0.25, 0.3) is 0 Å². The predicted octanol–water partition coefficient (Wildman–Crippen LogP) is 4.05. The van der Waals surface area contributed by atoms with Crippen molar-refractivity contribution < 1.29 is 18.3 Å². The monoisotopic (exact) mass is 332 g/mol. The number of ketones is 1. The molecule has 1 aromatic carbocycles. The van der Waals surface area contributed by atoms with Crippen LogP contribution in [0.1, 0.15) is 9.67 Å². The highest BCUT2D eigenvalue weighted by Crippen LogP contribution is 2.24. The Labute approximate surface area is 114 Å². The van der Waals surface area contributed by atoms with Crippen molar-refractivity contribution >= 4 is 33.0 Å². The van der Waals surface area contributed by atoms with E-state index in [2.05, 4.69) is 15.9 Å². The van der Waals surface area contributed by atoms with Gasteiger partial charge >= 0.3 is 0 Å². The molecular weight excluding hydrogens is 326 g/mol. The van der Waals surface area contributed by atoms with Gasteiger partial charge in [-0.05, 0) is 39.5 Å². The summed E-state index contributed by atoms with van der Waals surface area (Å²) in [5, 5.41) is 1.76. The summed E-state index contributed by atoms with van der Waals surface area (Å²) in [6.07, 6.45) is 0. The van der Waals surface area contributed by atoms with Crippen LogP contribution in [-0.4, -0.2) is 12.4 Å². The predicted molar refractivity (Wildman–Crippen MR) is 68.2 cm³/mol. The molecule has 0 aliphatic heterocycles. The minimum atomic E-state index is -0.826. The summed E-state index contributed by atoms with van der Waals surface area (Å²) < 4.78 is 31.6. The van der Waals surface area contributed by atoms with Crippen molar-refractivity contribution in [1.82, 2.24) is 0 Å². The highest BCUT2D eigenvalue weighted by molar-refractivity contribution is 9.10. The zero-order chi connectivity index (χ0) is 13.1. The van der Waals surface area contributed by atoms with Crippen molar-refractivity contribution in [3.05, 3.63) is 50.6 Å². The largest absolute Gasteiger partial charge is 0.482 e. The maximum Gasteiger partial charge on any atom is 0.211 e. The number of hydrogen-bond acceptors (Lipinski definition) is 3. The smallest absolute Gasteiger partial charge is 0.211 e. The quantitative estimate of drug-likeness (QED) is 0.789. The van der Waals surface area contributed by atoms with Crippen molar-refractivity contribution in [2.24, 2.45) is 0 Å². The maximum absolute atomic E-state index is 13.2. The normalized spacial score (nSPS) is 10.4. The number of benzene rings is 1. The molecule has 0 saturated carbocycles. The van der Waals surface area contributed by atoms with E-state index in [0.29, 0.717) is 15.4 Å². The van der Waals surface area contributed by atoms with Crippen LogP contribution in [0, 0.1) is 11.6 Å². The van der Waals surface area contributed by atoms with E-state index < -0.39 is 11.6 Å². The second-order valence-corrected chi connectivity index (χ2v) is 5.15. The van der Waals surface area contributed by atoms with Gasteiger partial charge in [0.05, 0.1) is 4.88 Å². The molecule has 0 aliphatic rings. The molecule has 6 heteroatoms. The minimum absolute atomic E-state index is 0.141. The molecule has 0 unspecified atom stereocenters. The van der Waals surface area contributed by atoms with E-state index in [-0.39, 0.29) is 18.1 Å². The fraction of sp³-hybridized carbons (Fsp3) is 0.0833. The first-order valence-corrected chi connectivity index (χ1v) is 6.59. The molecule has 0 spiro atoms. The molecule has 0 aliphatic carbocycles. The van der Waals surface area contributed by atoms with E-state index in [1.807, 2.05) is 0 Å². The van der Waals surface area contributed by atoms with Gasteiger partial charge in [0, 0.05) is 10.5 Å². The minimum Gasteiger partial charge on any atom is -0.482 e. The summed E-state index contributed by atoms with van der Waals surface area (Å²) in [6.45, 7) is -0.290. The number of carbonyl (C=O) groups excluding carboxylic acids is 1. The topological polar surface area (TPSA) is 26.3 Å². The van der Waals surface area contributed by atoms with E-state index in [0.717, 1.165) is 12.1 Å². The van der Waals surface area contributed by atoms with Crippen LogP contribution in [0.5, 0.6) is 5.75 Å². The lowest BCUT2D eigenvalue weighted by molar-refractivity contribution is 0.0922. The third-order valence-corrected chi connectivity index (χ3v) is 4.00. The lowest BCUT2D eigenvalue weighted by atomic mass is 10.3. The summed E-state index contributed by atoms with van der Waals surface area (Å²) in [5.74, 6) is -1.92. The average Bonchev–Trinajstić information content (AvgIpc) is 2.74. The third-order valence-electron chi connectivity index (χ3n) is 2.12. The molecule has 0 bridgehead atoms. The molecule has 0 radical (unpaired) electrons. The number of rotatable bonds is 4. The highest BCUT2D eigenvalue weighted by Gasteiger charge is 2.13. The van der Waals surface area contributed by atoms with Gasteiger partial charge in [-0.1, -0.05) is 0 Å². The molecule has 0 atom stereocenters. The molecular formula is C12H7BrF2O2S. The second kappa shape index (κ2) is 5.58. The van der Waals surface area contributed by atoms with Crippen molar-refractivity contribution in [3.8, 4) is 5.75 Å². The lowest BCUT2D eigenvalue weighted by Crippen LogP contribution is -2.11. The van der Waals surface area contributed by atoms with Gasteiger partial charge in [0.2, 0.25) is 5.78 Å². The Kier molecular flexibility index (Phi) is 4.08. The second-order valence-electron chi connectivity index (χ2n) is 3.38. The molecule has 0 fully saturated rings. The third kappa shape index (κ3) is 2.94. The summed E-state index contributed by atoms with van der Waals surface area (Å²) in [6, 6.07) is 4.68. The van der Waals surface area contributed by atoms with E-state index in [1.54, 1.807) is 11.4 Å². The summed E-state index contributed by atoms with van der Waals surface area (Å²) in [4.78, 5) is 12.2. The Hall–Kier alpha value is -1.27. The van der Waals surface area contributed by atoms with Crippen molar-refractivity contribution in [3.63, 3.8) is 0 Å². The van der Waals surface area contributed by atoms with Crippen molar-refractivity contribution in [2.75, 3.05) is 6.61 Å². The van der Waals surface area contributed by atoms with Gasteiger partial charge < -0.3 is 4.74 Å².